The van der Waals surface area contributed by atoms with Gasteiger partial charge in [-0.05, 0) is 49.4 Å². The third kappa shape index (κ3) is 2.89. The summed E-state index contributed by atoms with van der Waals surface area (Å²) in [5.41, 5.74) is 1.56. The Morgan fingerprint density at radius 1 is 1.20 bits per heavy atom. The molecule has 0 bridgehead atoms. The highest BCUT2D eigenvalue weighted by Gasteiger charge is 2.17. The van der Waals surface area contributed by atoms with Gasteiger partial charge in [-0.2, -0.15) is 5.10 Å². The van der Waals surface area contributed by atoms with Gasteiger partial charge in [-0.3, -0.25) is 4.79 Å². The lowest BCUT2D eigenvalue weighted by Crippen LogP contribution is -2.11. The van der Waals surface area contributed by atoms with E-state index in [1.807, 2.05) is 19.1 Å². The van der Waals surface area contributed by atoms with Crippen LogP contribution in [-0.2, 0) is 0 Å². The van der Waals surface area contributed by atoms with Gasteiger partial charge in [-0.25, -0.2) is 14.1 Å². The number of carbonyl (C=O) groups is 1. The SMILES string of the molecule is Cc1nn(-c2ccc(F)cc2)c2sc(C(=O)Nc3ccccn3)cc12. The Kier molecular flexibility index (Phi) is 3.77. The molecule has 1 N–H and O–H groups in total. The zero-order chi connectivity index (χ0) is 17.4. The van der Waals surface area contributed by atoms with Crippen molar-refractivity contribution in [1.29, 1.82) is 0 Å². The Balaban J connectivity index is 1.72. The highest BCUT2D eigenvalue weighted by molar-refractivity contribution is 7.20. The van der Waals surface area contributed by atoms with Gasteiger partial charge >= 0.3 is 0 Å². The van der Waals surface area contributed by atoms with Crippen LogP contribution in [0.1, 0.15) is 15.4 Å². The third-order valence-electron chi connectivity index (χ3n) is 3.75. The number of halogens is 1. The zero-order valence-electron chi connectivity index (χ0n) is 13.2. The molecule has 4 aromatic rings. The molecule has 7 heteroatoms. The Hall–Kier alpha value is -3.06. The zero-order valence-corrected chi connectivity index (χ0v) is 14.0. The van der Waals surface area contributed by atoms with E-state index in [1.165, 1.54) is 23.5 Å². The molecule has 0 spiro atoms. The molecule has 5 nitrogen and oxygen atoms in total. The molecule has 0 aliphatic carbocycles. The first-order chi connectivity index (χ1) is 12.1. The lowest BCUT2D eigenvalue weighted by molar-refractivity contribution is 0.103. The molecule has 4 rings (SSSR count). The minimum Gasteiger partial charge on any atom is -0.306 e. The van der Waals surface area contributed by atoms with E-state index in [-0.39, 0.29) is 11.7 Å². The maximum atomic E-state index is 13.2. The molecule has 0 unspecified atom stereocenters. The average molecular weight is 352 g/mol. The summed E-state index contributed by atoms with van der Waals surface area (Å²) >= 11 is 1.34. The normalized spacial score (nSPS) is 11.0. The van der Waals surface area contributed by atoms with Gasteiger partial charge in [0.1, 0.15) is 16.5 Å². The first kappa shape index (κ1) is 15.5. The molecule has 3 aromatic heterocycles. The molecule has 0 atom stereocenters. The van der Waals surface area contributed by atoms with Crippen LogP contribution in [0.15, 0.2) is 54.7 Å². The third-order valence-corrected chi connectivity index (χ3v) is 4.86. The predicted octanol–water partition coefficient (Wildman–Crippen LogP) is 4.18. The van der Waals surface area contributed by atoms with Gasteiger partial charge in [0.15, 0.2) is 0 Å². The van der Waals surface area contributed by atoms with Crippen LogP contribution in [0.2, 0.25) is 0 Å². The van der Waals surface area contributed by atoms with Crippen molar-refractivity contribution < 1.29 is 9.18 Å². The number of thiophene rings is 1. The van der Waals surface area contributed by atoms with Crippen LogP contribution in [0.4, 0.5) is 10.2 Å². The summed E-state index contributed by atoms with van der Waals surface area (Å²) < 4.78 is 14.9. The number of hydrogen-bond acceptors (Lipinski definition) is 4. The largest absolute Gasteiger partial charge is 0.306 e. The fourth-order valence-corrected chi connectivity index (χ4v) is 3.61. The van der Waals surface area contributed by atoms with Crippen LogP contribution in [0, 0.1) is 12.7 Å². The van der Waals surface area contributed by atoms with Gasteiger partial charge in [-0.15, -0.1) is 11.3 Å². The number of nitrogens with zero attached hydrogens (tertiary/aromatic N) is 3. The van der Waals surface area contributed by atoms with E-state index in [9.17, 15) is 9.18 Å². The standard InChI is InChI=1S/C18H13FN4OS/c1-11-14-10-15(17(24)21-16-4-2-3-9-20-16)25-18(14)23(22-11)13-7-5-12(19)6-8-13/h2-10H,1H3,(H,20,21,24). The number of amides is 1. The fraction of sp³-hybridized carbons (Fsp3) is 0.0556. The first-order valence-corrected chi connectivity index (χ1v) is 8.41. The van der Waals surface area contributed by atoms with Crippen LogP contribution in [0.3, 0.4) is 0 Å². The summed E-state index contributed by atoms with van der Waals surface area (Å²) in [6.45, 7) is 1.88. The minimum absolute atomic E-state index is 0.218. The highest BCUT2D eigenvalue weighted by atomic mass is 32.1. The van der Waals surface area contributed by atoms with Crippen molar-refractivity contribution in [1.82, 2.24) is 14.8 Å². The number of rotatable bonds is 3. The number of anilines is 1. The van der Waals surface area contributed by atoms with Gasteiger partial charge in [0.25, 0.3) is 5.91 Å². The Morgan fingerprint density at radius 2 is 2.00 bits per heavy atom. The molecule has 124 valence electrons. The maximum Gasteiger partial charge on any atom is 0.266 e. The van der Waals surface area contributed by atoms with Crippen molar-refractivity contribution >= 4 is 33.3 Å². The summed E-state index contributed by atoms with van der Waals surface area (Å²) in [5, 5.41) is 8.17. The van der Waals surface area contributed by atoms with Gasteiger partial charge in [0.05, 0.1) is 16.3 Å². The Labute approximate surface area is 146 Å². The number of pyridine rings is 1. The van der Waals surface area contributed by atoms with Crippen LogP contribution >= 0.6 is 11.3 Å². The van der Waals surface area contributed by atoms with Crippen molar-refractivity contribution in [2.75, 3.05) is 5.32 Å². The topological polar surface area (TPSA) is 59.8 Å². The summed E-state index contributed by atoms with van der Waals surface area (Å²) in [6, 6.07) is 13.3. The molecule has 3 heterocycles. The quantitative estimate of drug-likeness (QED) is 0.602. The number of aromatic nitrogens is 3. The maximum absolute atomic E-state index is 13.2. The Bertz CT molecular complexity index is 1050. The fourth-order valence-electron chi connectivity index (χ4n) is 2.53. The molecule has 0 saturated heterocycles. The van der Waals surface area contributed by atoms with Gasteiger partial charge in [0.2, 0.25) is 0 Å². The summed E-state index contributed by atoms with van der Waals surface area (Å²) in [7, 11) is 0. The van der Waals surface area contributed by atoms with Crippen molar-refractivity contribution in [2.45, 2.75) is 6.92 Å². The minimum atomic E-state index is -0.300. The molecule has 25 heavy (non-hydrogen) atoms. The number of benzene rings is 1. The highest BCUT2D eigenvalue weighted by Crippen LogP contribution is 2.30. The van der Waals surface area contributed by atoms with Crippen molar-refractivity contribution in [3.8, 4) is 5.69 Å². The number of carbonyl (C=O) groups excluding carboxylic acids is 1. The van der Waals surface area contributed by atoms with E-state index in [0.717, 1.165) is 21.6 Å². The van der Waals surface area contributed by atoms with Gasteiger partial charge in [-0.1, -0.05) is 6.07 Å². The second kappa shape index (κ2) is 6.10. The molecule has 0 aliphatic rings. The van der Waals surface area contributed by atoms with Crippen LogP contribution in [-0.4, -0.2) is 20.7 Å². The molecular formula is C18H13FN4OS. The first-order valence-electron chi connectivity index (χ1n) is 7.59. The van der Waals surface area contributed by atoms with E-state index in [1.54, 1.807) is 35.1 Å². The second-order valence-electron chi connectivity index (χ2n) is 5.47. The lowest BCUT2D eigenvalue weighted by Gasteiger charge is -2.02. The predicted molar refractivity (Wildman–Crippen MR) is 95.8 cm³/mol. The van der Waals surface area contributed by atoms with Crippen molar-refractivity contribution in [3.63, 3.8) is 0 Å². The van der Waals surface area contributed by atoms with Crippen LogP contribution < -0.4 is 5.32 Å². The molecule has 1 amide bonds. The van der Waals surface area contributed by atoms with E-state index < -0.39 is 0 Å². The molecule has 0 fully saturated rings. The van der Waals surface area contributed by atoms with Crippen LogP contribution in [0.25, 0.3) is 15.9 Å². The van der Waals surface area contributed by atoms with E-state index >= 15 is 0 Å². The van der Waals surface area contributed by atoms with Crippen LogP contribution in [0.5, 0.6) is 0 Å². The second-order valence-corrected chi connectivity index (χ2v) is 6.50. The molecule has 0 radical (unpaired) electrons. The van der Waals surface area contributed by atoms with Gasteiger partial charge < -0.3 is 5.32 Å². The van der Waals surface area contributed by atoms with Crippen molar-refractivity contribution in [3.05, 3.63) is 71.1 Å². The van der Waals surface area contributed by atoms with E-state index in [0.29, 0.717) is 10.7 Å². The molecule has 0 aliphatic heterocycles. The lowest BCUT2D eigenvalue weighted by atomic mass is 10.3. The number of fused-ring (bicyclic) bond motifs is 1. The molecule has 0 saturated carbocycles. The summed E-state index contributed by atoms with van der Waals surface area (Å²) in [5.74, 6) is -0.0164. The van der Waals surface area contributed by atoms with Crippen molar-refractivity contribution in [2.24, 2.45) is 0 Å². The number of aryl methyl sites for hydroxylation is 1. The number of nitrogens with one attached hydrogen (secondary N) is 1. The summed E-state index contributed by atoms with van der Waals surface area (Å²) in [4.78, 5) is 18.0. The monoisotopic (exact) mass is 352 g/mol. The van der Waals surface area contributed by atoms with E-state index in [4.69, 9.17) is 0 Å². The Morgan fingerprint density at radius 3 is 2.72 bits per heavy atom. The molecule has 1 aromatic carbocycles. The smallest absolute Gasteiger partial charge is 0.266 e. The average Bonchev–Trinajstić information content (AvgIpc) is 3.18. The summed E-state index contributed by atoms with van der Waals surface area (Å²) in [6.07, 6.45) is 1.62. The number of hydrogen-bond donors (Lipinski definition) is 1. The van der Waals surface area contributed by atoms with Gasteiger partial charge in [0, 0.05) is 11.6 Å². The van der Waals surface area contributed by atoms with E-state index in [2.05, 4.69) is 15.4 Å². The molecular weight excluding hydrogens is 339 g/mol.